The van der Waals surface area contributed by atoms with E-state index in [1.165, 1.54) is 6.20 Å². The molecule has 5 nitrogen and oxygen atoms in total. The maximum atomic E-state index is 13.4. The number of terminal acetylenes is 1. The molecule has 1 fully saturated rings. The van der Waals surface area contributed by atoms with E-state index in [2.05, 4.69) is 21.2 Å². The molecule has 138 valence electrons. The summed E-state index contributed by atoms with van der Waals surface area (Å²) < 4.78 is 40.3. The second-order valence-electron chi connectivity index (χ2n) is 6.67. The van der Waals surface area contributed by atoms with Crippen LogP contribution in [-0.4, -0.2) is 28.1 Å². The number of nitrogens with one attached hydrogen (secondary N) is 2. The minimum absolute atomic E-state index is 0.0592. The highest BCUT2D eigenvalue weighted by Gasteiger charge is 2.49. The number of primary amides is 1. The smallest absolute Gasteiger partial charge is 0.365 e. The van der Waals surface area contributed by atoms with E-state index >= 15 is 0 Å². The molecule has 1 aliphatic rings. The van der Waals surface area contributed by atoms with Gasteiger partial charge in [-0.2, -0.15) is 13.2 Å². The van der Waals surface area contributed by atoms with Crippen LogP contribution in [0.1, 0.15) is 28.8 Å². The fourth-order valence-corrected chi connectivity index (χ4v) is 3.33. The third-order valence-corrected chi connectivity index (χ3v) is 4.80. The van der Waals surface area contributed by atoms with Crippen molar-refractivity contribution in [2.75, 3.05) is 5.32 Å². The van der Waals surface area contributed by atoms with E-state index in [9.17, 15) is 18.0 Å². The van der Waals surface area contributed by atoms with Crippen molar-refractivity contribution in [3.63, 3.8) is 0 Å². The molecule has 8 heteroatoms. The van der Waals surface area contributed by atoms with Gasteiger partial charge in [-0.3, -0.25) is 4.79 Å². The van der Waals surface area contributed by atoms with Crippen LogP contribution in [-0.2, 0) is 0 Å². The molecule has 0 saturated heterocycles. The molecule has 0 bridgehead atoms. The van der Waals surface area contributed by atoms with Crippen molar-refractivity contribution in [2.24, 2.45) is 11.7 Å². The Morgan fingerprint density at radius 2 is 2.15 bits per heavy atom. The number of carbonyl (C=O) groups excluding carboxylic acids is 1. The van der Waals surface area contributed by atoms with Gasteiger partial charge in [-0.25, -0.2) is 4.98 Å². The van der Waals surface area contributed by atoms with Crippen LogP contribution in [0.4, 0.5) is 19.0 Å². The first-order chi connectivity index (χ1) is 12.8. The van der Waals surface area contributed by atoms with Gasteiger partial charge in [0.15, 0.2) is 0 Å². The van der Waals surface area contributed by atoms with Gasteiger partial charge in [-0.05, 0) is 30.9 Å². The summed E-state index contributed by atoms with van der Waals surface area (Å²) in [7, 11) is 0. The number of pyridine rings is 1. The van der Waals surface area contributed by atoms with E-state index in [1.54, 1.807) is 18.2 Å². The van der Waals surface area contributed by atoms with Crippen LogP contribution in [0.25, 0.3) is 21.8 Å². The lowest BCUT2D eigenvalue weighted by atomic mass is 10.1. The van der Waals surface area contributed by atoms with Crippen molar-refractivity contribution in [1.29, 1.82) is 0 Å². The van der Waals surface area contributed by atoms with E-state index in [0.717, 1.165) is 0 Å². The summed E-state index contributed by atoms with van der Waals surface area (Å²) in [6.45, 7) is 0. The molecule has 0 radical (unpaired) electrons. The highest BCUT2D eigenvalue weighted by atomic mass is 19.4. The SMILES string of the molecule is C#Cc1ccc2c(c1)[nH]c1c(C(N)=O)cnc(NC(C3CC3)C(F)(F)F)c12. The molecule has 3 aromatic rings. The number of amides is 1. The number of carbonyl (C=O) groups is 1. The molecule has 4 rings (SSSR count). The summed E-state index contributed by atoms with van der Waals surface area (Å²) in [6.07, 6.45) is 3.22. The summed E-state index contributed by atoms with van der Waals surface area (Å²) in [5, 5.41) is 3.55. The first kappa shape index (κ1) is 17.2. The molecule has 2 heterocycles. The number of alkyl halides is 3. The van der Waals surface area contributed by atoms with Crippen LogP contribution >= 0.6 is 0 Å². The van der Waals surface area contributed by atoms with Crippen LogP contribution in [0, 0.1) is 18.3 Å². The first-order valence-corrected chi connectivity index (χ1v) is 8.33. The molecule has 0 aliphatic heterocycles. The lowest BCUT2D eigenvalue weighted by Crippen LogP contribution is -2.38. The zero-order valence-corrected chi connectivity index (χ0v) is 14.0. The predicted octanol–water partition coefficient (Wildman–Crippen LogP) is 3.55. The third kappa shape index (κ3) is 2.95. The van der Waals surface area contributed by atoms with Gasteiger partial charge in [0.05, 0.1) is 16.5 Å². The Kier molecular flexibility index (Phi) is 3.77. The van der Waals surface area contributed by atoms with Gasteiger partial charge in [0, 0.05) is 22.7 Å². The highest BCUT2D eigenvalue weighted by Crippen LogP contribution is 2.43. The monoisotopic (exact) mass is 372 g/mol. The molecule has 2 aromatic heterocycles. The van der Waals surface area contributed by atoms with Crippen LogP contribution in [0.2, 0.25) is 0 Å². The molecule has 27 heavy (non-hydrogen) atoms. The summed E-state index contributed by atoms with van der Waals surface area (Å²) in [4.78, 5) is 18.9. The maximum Gasteiger partial charge on any atom is 0.408 e. The number of rotatable bonds is 4. The molecule has 4 N–H and O–H groups in total. The highest BCUT2D eigenvalue weighted by molar-refractivity contribution is 6.18. The van der Waals surface area contributed by atoms with Gasteiger partial charge in [-0.15, -0.1) is 6.42 Å². The van der Waals surface area contributed by atoms with Gasteiger partial charge in [0.1, 0.15) is 11.9 Å². The maximum absolute atomic E-state index is 13.4. The van der Waals surface area contributed by atoms with Crippen molar-refractivity contribution >= 4 is 33.5 Å². The van der Waals surface area contributed by atoms with Crippen molar-refractivity contribution < 1.29 is 18.0 Å². The number of benzene rings is 1. The van der Waals surface area contributed by atoms with E-state index in [-0.39, 0.29) is 11.4 Å². The number of nitrogens with zero attached hydrogens (tertiary/aromatic N) is 1. The second-order valence-corrected chi connectivity index (χ2v) is 6.67. The van der Waals surface area contributed by atoms with Gasteiger partial charge < -0.3 is 16.0 Å². The largest absolute Gasteiger partial charge is 0.408 e. The Balaban J connectivity index is 1.94. The average molecular weight is 372 g/mol. The Bertz CT molecular complexity index is 1110. The normalized spacial score (nSPS) is 15.6. The zero-order valence-electron chi connectivity index (χ0n) is 14.0. The summed E-state index contributed by atoms with van der Waals surface area (Å²) in [6, 6.07) is 3.37. The quantitative estimate of drug-likeness (QED) is 0.613. The number of H-pyrrole nitrogens is 1. The predicted molar refractivity (Wildman–Crippen MR) is 96.2 cm³/mol. The average Bonchev–Trinajstić information content (AvgIpc) is 3.36. The molecule has 0 spiro atoms. The Hall–Kier alpha value is -3.21. The molecule has 1 unspecified atom stereocenters. The molecule has 1 saturated carbocycles. The van der Waals surface area contributed by atoms with Gasteiger partial charge in [0.25, 0.3) is 5.91 Å². The minimum atomic E-state index is -4.40. The summed E-state index contributed by atoms with van der Waals surface area (Å²) in [5.41, 5.74) is 7.03. The number of nitrogens with two attached hydrogens (primary N) is 1. The molecule has 1 atom stereocenters. The van der Waals surface area contributed by atoms with Crippen molar-refractivity contribution in [1.82, 2.24) is 9.97 Å². The van der Waals surface area contributed by atoms with Crippen molar-refractivity contribution in [3.8, 4) is 12.3 Å². The fourth-order valence-electron chi connectivity index (χ4n) is 3.33. The van der Waals surface area contributed by atoms with E-state index in [4.69, 9.17) is 12.2 Å². The number of anilines is 1. The van der Waals surface area contributed by atoms with E-state index in [0.29, 0.717) is 40.2 Å². The number of halogens is 3. The topological polar surface area (TPSA) is 83.8 Å². The van der Waals surface area contributed by atoms with Crippen LogP contribution in [0.3, 0.4) is 0 Å². The standard InChI is InChI=1S/C19H15F3N4O/c1-2-9-3-6-11-13(7-9)25-15-12(17(23)27)8-24-18(14(11)15)26-16(10-4-5-10)19(20,21)22/h1,3,6-8,10,16,25H,4-5H2,(H2,23,27)(H,24,26). The minimum Gasteiger partial charge on any atom is -0.365 e. The molecule has 1 amide bonds. The van der Waals surface area contributed by atoms with Crippen LogP contribution < -0.4 is 11.1 Å². The Morgan fingerprint density at radius 3 is 2.74 bits per heavy atom. The van der Waals surface area contributed by atoms with E-state index in [1.807, 2.05) is 0 Å². The van der Waals surface area contributed by atoms with Crippen LogP contribution in [0.15, 0.2) is 24.4 Å². The number of hydrogen-bond acceptors (Lipinski definition) is 3. The zero-order chi connectivity index (χ0) is 19.3. The summed E-state index contributed by atoms with van der Waals surface area (Å²) >= 11 is 0. The third-order valence-electron chi connectivity index (χ3n) is 4.80. The number of aromatic nitrogens is 2. The van der Waals surface area contributed by atoms with Crippen molar-refractivity contribution in [2.45, 2.75) is 25.1 Å². The van der Waals surface area contributed by atoms with Gasteiger partial charge in [0.2, 0.25) is 0 Å². The Morgan fingerprint density at radius 1 is 1.41 bits per heavy atom. The first-order valence-electron chi connectivity index (χ1n) is 8.33. The van der Waals surface area contributed by atoms with Crippen LogP contribution in [0.5, 0.6) is 0 Å². The van der Waals surface area contributed by atoms with Gasteiger partial charge in [-0.1, -0.05) is 12.0 Å². The van der Waals surface area contributed by atoms with Crippen molar-refractivity contribution in [3.05, 3.63) is 35.5 Å². The number of aromatic amines is 1. The number of fused-ring (bicyclic) bond motifs is 3. The lowest BCUT2D eigenvalue weighted by Gasteiger charge is -2.22. The van der Waals surface area contributed by atoms with Gasteiger partial charge >= 0.3 is 6.18 Å². The summed E-state index contributed by atoms with van der Waals surface area (Å²) in [5.74, 6) is 1.36. The van der Waals surface area contributed by atoms with E-state index < -0.39 is 24.0 Å². The lowest BCUT2D eigenvalue weighted by molar-refractivity contribution is -0.146. The second kappa shape index (κ2) is 5.91. The fraction of sp³-hybridized carbons (Fsp3) is 0.263. The Labute approximate surface area is 152 Å². The molecule has 1 aromatic carbocycles. The number of hydrogen-bond donors (Lipinski definition) is 3. The molecule has 1 aliphatic carbocycles. The molecular weight excluding hydrogens is 357 g/mol. The molecular formula is C19H15F3N4O.